The zero-order valence-corrected chi connectivity index (χ0v) is 24.3. The molecule has 0 aliphatic carbocycles. The van der Waals surface area contributed by atoms with E-state index in [1.54, 1.807) is 37.5 Å². The van der Waals surface area contributed by atoms with Crippen LogP contribution in [0.2, 0.25) is 0 Å². The molecule has 1 aromatic heterocycles. The molecule has 0 spiro atoms. The van der Waals surface area contributed by atoms with Crippen molar-refractivity contribution in [2.45, 2.75) is 52.0 Å². The topological polar surface area (TPSA) is 92.6 Å². The molecule has 2 aromatic carbocycles. The van der Waals surface area contributed by atoms with Crippen molar-refractivity contribution in [1.82, 2.24) is 19.9 Å². The lowest BCUT2D eigenvalue weighted by Gasteiger charge is -2.36. The number of aryl methyl sites for hydroxylation is 1. The van der Waals surface area contributed by atoms with Crippen molar-refractivity contribution in [2.24, 2.45) is 0 Å². The Hall–Kier alpha value is -3.98. The number of anilines is 2. The van der Waals surface area contributed by atoms with E-state index in [1.165, 1.54) is 38.2 Å². The Kier molecular flexibility index (Phi) is 11.5. The van der Waals surface area contributed by atoms with Crippen LogP contribution < -0.4 is 15.0 Å². The Labute approximate surface area is 243 Å². The Balaban J connectivity index is 1.18. The number of hydrogen-bond donors (Lipinski definition) is 1. The van der Waals surface area contributed by atoms with E-state index in [1.807, 2.05) is 29.1 Å². The molecule has 1 aliphatic rings. The summed E-state index contributed by atoms with van der Waals surface area (Å²) >= 11 is 0. The Bertz CT molecular complexity index is 1280. The van der Waals surface area contributed by atoms with Gasteiger partial charge in [0.2, 0.25) is 5.91 Å². The van der Waals surface area contributed by atoms with E-state index >= 15 is 0 Å². The lowest BCUT2D eigenvalue weighted by Crippen LogP contribution is -2.48. The Morgan fingerprint density at radius 3 is 2.44 bits per heavy atom. The van der Waals surface area contributed by atoms with Gasteiger partial charge in [-0.1, -0.05) is 56.4 Å². The summed E-state index contributed by atoms with van der Waals surface area (Å²) in [6, 6.07) is 15.0. The van der Waals surface area contributed by atoms with Gasteiger partial charge in [-0.3, -0.25) is 19.2 Å². The summed E-state index contributed by atoms with van der Waals surface area (Å²) in [7, 11) is 1.68. The minimum Gasteiger partial charge on any atom is -0.495 e. The minimum atomic E-state index is -0.124. The average molecular weight is 559 g/mol. The number of nitrogens with zero attached hydrogens (tertiary/aromatic N) is 5. The van der Waals surface area contributed by atoms with Crippen LogP contribution in [0, 0.1) is 0 Å². The molecule has 0 bridgehead atoms. The fourth-order valence-electron chi connectivity index (χ4n) is 4.97. The van der Waals surface area contributed by atoms with Gasteiger partial charge in [0.25, 0.3) is 0 Å². The number of piperazine rings is 1. The third-order valence-corrected chi connectivity index (χ3v) is 7.32. The summed E-state index contributed by atoms with van der Waals surface area (Å²) in [4.78, 5) is 29.7. The SMILES string of the molecule is CCCCCCCCn1cc(/C=C/C(=O)c2ccc(NC(=O)CN3CCN(c4ccccc4OC)CC3)cc2)nn1. The predicted octanol–water partition coefficient (Wildman–Crippen LogP) is 5.30. The third-order valence-electron chi connectivity index (χ3n) is 7.32. The van der Waals surface area contributed by atoms with Crippen LogP contribution in [0.25, 0.3) is 6.08 Å². The highest BCUT2D eigenvalue weighted by Gasteiger charge is 2.21. The Morgan fingerprint density at radius 1 is 0.951 bits per heavy atom. The van der Waals surface area contributed by atoms with Crippen LogP contribution in [-0.4, -0.2) is 71.4 Å². The molecule has 4 rings (SSSR count). The maximum absolute atomic E-state index is 12.7. The number of benzene rings is 2. The van der Waals surface area contributed by atoms with E-state index in [0.29, 0.717) is 23.5 Å². The van der Waals surface area contributed by atoms with Crippen molar-refractivity contribution in [3.05, 3.63) is 72.1 Å². The minimum absolute atomic E-state index is 0.0706. The molecule has 3 aromatic rings. The summed E-state index contributed by atoms with van der Waals surface area (Å²) in [6.07, 6.45) is 12.5. The van der Waals surface area contributed by atoms with Gasteiger partial charge in [-0.25, -0.2) is 0 Å². The van der Waals surface area contributed by atoms with Gasteiger partial charge in [0.1, 0.15) is 11.4 Å². The quantitative estimate of drug-likeness (QED) is 0.154. The monoisotopic (exact) mass is 558 g/mol. The molecule has 41 heavy (non-hydrogen) atoms. The summed E-state index contributed by atoms with van der Waals surface area (Å²) < 4.78 is 7.32. The van der Waals surface area contributed by atoms with Crippen molar-refractivity contribution < 1.29 is 14.3 Å². The first-order valence-electron chi connectivity index (χ1n) is 14.7. The molecule has 0 atom stereocenters. The van der Waals surface area contributed by atoms with Gasteiger partial charge in [0.15, 0.2) is 5.78 Å². The summed E-state index contributed by atoms with van der Waals surface area (Å²) in [6.45, 7) is 6.62. The predicted molar refractivity (Wildman–Crippen MR) is 163 cm³/mol. The molecule has 1 fully saturated rings. The number of amides is 1. The van der Waals surface area contributed by atoms with Crippen LogP contribution >= 0.6 is 0 Å². The molecule has 0 saturated carbocycles. The lowest BCUT2D eigenvalue weighted by molar-refractivity contribution is -0.117. The van der Waals surface area contributed by atoms with Gasteiger partial charge < -0.3 is 15.0 Å². The van der Waals surface area contributed by atoms with Crippen LogP contribution in [-0.2, 0) is 11.3 Å². The second-order valence-corrected chi connectivity index (χ2v) is 10.4. The van der Waals surface area contributed by atoms with E-state index in [9.17, 15) is 9.59 Å². The summed E-state index contributed by atoms with van der Waals surface area (Å²) in [5.74, 6) is 0.669. The standard InChI is InChI=1S/C32H42N6O3/c1-3-4-5-6-7-10-19-38-24-28(34-35-38)17-18-30(39)26-13-15-27(16-14-26)33-32(40)25-36-20-22-37(23-21-36)29-11-8-9-12-31(29)41-2/h8-9,11-18,24H,3-7,10,19-23,25H2,1-2H3,(H,33,40)/b18-17+. The maximum atomic E-state index is 12.7. The van der Waals surface area contributed by atoms with E-state index in [0.717, 1.165) is 50.6 Å². The second-order valence-electron chi connectivity index (χ2n) is 10.4. The van der Waals surface area contributed by atoms with Crippen molar-refractivity contribution in [1.29, 1.82) is 0 Å². The highest BCUT2D eigenvalue weighted by molar-refractivity contribution is 6.07. The van der Waals surface area contributed by atoms with Gasteiger partial charge >= 0.3 is 0 Å². The van der Waals surface area contributed by atoms with E-state index < -0.39 is 0 Å². The molecule has 2 heterocycles. The summed E-state index contributed by atoms with van der Waals surface area (Å²) in [5.41, 5.74) is 2.96. The molecule has 1 aliphatic heterocycles. The lowest BCUT2D eigenvalue weighted by atomic mass is 10.1. The first-order chi connectivity index (χ1) is 20.1. The van der Waals surface area contributed by atoms with Gasteiger partial charge in [-0.15, -0.1) is 5.10 Å². The van der Waals surface area contributed by atoms with Crippen molar-refractivity contribution in [3.8, 4) is 5.75 Å². The van der Waals surface area contributed by atoms with Crippen molar-refractivity contribution in [3.63, 3.8) is 0 Å². The molecular weight excluding hydrogens is 516 g/mol. The van der Waals surface area contributed by atoms with Crippen LogP contribution in [0.3, 0.4) is 0 Å². The number of rotatable bonds is 15. The van der Waals surface area contributed by atoms with Gasteiger partial charge in [0, 0.05) is 44.0 Å². The zero-order chi connectivity index (χ0) is 28.9. The smallest absolute Gasteiger partial charge is 0.238 e. The van der Waals surface area contributed by atoms with Crippen LogP contribution in [0.5, 0.6) is 5.75 Å². The fraction of sp³-hybridized carbons (Fsp3) is 0.438. The number of carbonyl (C=O) groups excluding carboxylic acids is 2. The van der Waals surface area contributed by atoms with Gasteiger partial charge in [-0.2, -0.15) is 0 Å². The summed E-state index contributed by atoms with van der Waals surface area (Å²) in [5, 5.41) is 11.2. The molecular formula is C32H42N6O3. The normalized spacial score (nSPS) is 14.0. The van der Waals surface area contributed by atoms with E-state index in [4.69, 9.17) is 4.74 Å². The van der Waals surface area contributed by atoms with Crippen molar-refractivity contribution in [2.75, 3.05) is 50.1 Å². The largest absolute Gasteiger partial charge is 0.495 e. The number of aromatic nitrogens is 3. The van der Waals surface area contributed by atoms with E-state index in [2.05, 4.69) is 38.4 Å². The number of hydrogen-bond acceptors (Lipinski definition) is 7. The average Bonchev–Trinajstić information content (AvgIpc) is 3.46. The number of nitrogens with one attached hydrogen (secondary N) is 1. The van der Waals surface area contributed by atoms with Crippen molar-refractivity contribution >= 4 is 29.1 Å². The first kappa shape index (κ1) is 30.0. The van der Waals surface area contributed by atoms with Gasteiger partial charge in [-0.05, 0) is 55.0 Å². The molecule has 218 valence electrons. The van der Waals surface area contributed by atoms with Crippen LogP contribution in [0.15, 0.2) is 60.8 Å². The molecule has 9 nitrogen and oxygen atoms in total. The maximum Gasteiger partial charge on any atom is 0.238 e. The van der Waals surface area contributed by atoms with E-state index in [-0.39, 0.29) is 11.7 Å². The third kappa shape index (κ3) is 9.28. The molecule has 1 saturated heterocycles. The van der Waals surface area contributed by atoms with Gasteiger partial charge in [0.05, 0.1) is 25.5 Å². The zero-order valence-electron chi connectivity index (χ0n) is 24.3. The molecule has 1 N–H and O–H groups in total. The van der Waals surface area contributed by atoms with Crippen LogP contribution in [0.1, 0.15) is 61.5 Å². The number of para-hydroxylation sites is 2. The molecule has 9 heteroatoms. The number of allylic oxidation sites excluding steroid dienone is 1. The number of methoxy groups -OCH3 is 1. The number of ketones is 1. The highest BCUT2D eigenvalue weighted by Crippen LogP contribution is 2.28. The fourth-order valence-corrected chi connectivity index (χ4v) is 4.97. The Morgan fingerprint density at radius 2 is 1.68 bits per heavy atom. The van der Waals surface area contributed by atoms with Crippen LogP contribution in [0.4, 0.5) is 11.4 Å². The molecule has 0 unspecified atom stereocenters. The molecule has 0 radical (unpaired) electrons. The number of ether oxygens (including phenoxy) is 1. The first-order valence-corrected chi connectivity index (χ1v) is 14.7. The molecule has 1 amide bonds. The highest BCUT2D eigenvalue weighted by atomic mass is 16.5. The second kappa shape index (κ2) is 15.7. The number of carbonyl (C=O) groups is 2. The number of unbranched alkanes of at least 4 members (excludes halogenated alkanes) is 5.